The number of ether oxygens (including phenoxy) is 1. The number of Topliss-reactive ketones (excluding diaryl/α,β-unsaturated/α-hetero) is 1. The predicted molar refractivity (Wildman–Crippen MR) is 88.7 cm³/mol. The minimum Gasteiger partial charge on any atom is -0.373 e. The van der Waals surface area contributed by atoms with Gasteiger partial charge in [-0.2, -0.15) is 0 Å². The van der Waals surface area contributed by atoms with Gasteiger partial charge < -0.3 is 4.74 Å². The Balaban J connectivity index is 3.54. The van der Waals surface area contributed by atoms with Crippen molar-refractivity contribution in [3.63, 3.8) is 0 Å². The van der Waals surface area contributed by atoms with Gasteiger partial charge in [0, 0.05) is 13.0 Å². The van der Waals surface area contributed by atoms with Crippen molar-refractivity contribution in [2.24, 2.45) is 5.92 Å². The van der Waals surface area contributed by atoms with E-state index in [1.165, 1.54) is 10.8 Å². The van der Waals surface area contributed by atoms with Crippen LogP contribution in [0.15, 0.2) is 10.8 Å². The van der Waals surface area contributed by atoms with Crippen LogP contribution in [-0.4, -0.2) is 27.1 Å². The molecule has 116 valence electrons. The minimum absolute atomic E-state index is 0.227. The van der Waals surface area contributed by atoms with Crippen LogP contribution in [0.2, 0.25) is 16.6 Å². The second kappa shape index (κ2) is 6.14. The van der Waals surface area contributed by atoms with Gasteiger partial charge in [-0.25, -0.2) is 0 Å². The Morgan fingerprint density at radius 3 is 1.65 bits per heavy atom. The van der Waals surface area contributed by atoms with Gasteiger partial charge in [-0.3, -0.25) is 4.79 Å². The summed E-state index contributed by atoms with van der Waals surface area (Å²) in [4.78, 5) is 13.0. The molecule has 2 nitrogen and oxygen atoms in total. The van der Waals surface area contributed by atoms with Gasteiger partial charge in [0.15, 0.2) is 5.78 Å². The third-order valence-electron chi connectivity index (χ3n) is 5.59. The van der Waals surface area contributed by atoms with Gasteiger partial charge in [0.2, 0.25) is 0 Å². The van der Waals surface area contributed by atoms with Crippen molar-refractivity contribution in [3.05, 3.63) is 10.8 Å². The second-order valence-electron chi connectivity index (χ2n) is 7.26. The fourth-order valence-electron chi connectivity index (χ4n) is 4.75. The van der Waals surface area contributed by atoms with Crippen LogP contribution >= 0.6 is 0 Å². The zero-order valence-electron chi connectivity index (χ0n) is 14.7. The smallest absolute Gasteiger partial charge is 0.184 e. The van der Waals surface area contributed by atoms with Gasteiger partial charge in [-0.15, -0.1) is 0 Å². The second-order valence-corrected chi connectivity index (χ2v) is 13.1. The van der Waals surface area contributed by atoms with E-state index in [0.717, 1.165) is 0 Å². The Hall–Kier alpha value is -0.413. The standard InChI is InChI=1S/C17H32O2Si/c1-10(2)20(11(3)4,12(5)6)17-14(8)13(7)16(19-9)15(17)18/h10-13,16H,1-9H3/t13-,16-/m1/s1. The van der Waals surface area contributed by atoms with E-state index in [1.54, 1.807) is 7.11 Å². The van der Waals surface area contributed by atoms with Crippen molar-refractivity contribution < 1.29 is 9.53 Å². The van der Waals surface area contributed by atoms with Crippen LogP contribution in [0.1, 0.15) is 55.4 Å². The van der Waals surface area contributed by atoms with Crippen LogP contribution in [-0.2, 0) is 9.53 Å². The highest BCUT2D eigenvalue weighted by molar-refractivity contribution is 6.93. The molecular weight excluding hydrogens is 264 g/mol. The van der Waals surface area contributed by atoms with E-state index in [1.807, 2.05) is 0 Å². The van der Waals surface area contributed by atoms with Crippen LogP contribution < -0.4 is 0 Å². The average Bonchev–Trinajstić information content (AvgIpc) is 2.52. The monoisotopic (exact) mass is 296 g/mol. The van der Waals surface area contributed by atoms with Crippen molar-refractivity contribution in [3.8, 4) is 0 Å². The maximum Gasteiger partial charge on any atom is 0.184 e. The predicted octanol–water partition coefficient (Wildman–Crippen LogP) is 4.75. The molecule has 0 aliphatic heterocycles. The van der Waals surface area contributed by atoms with Crippen molar-refractivity contribution in [2.45, 2.75) is 78.1 Å². The molecule has 20 heavy (non-hydrogen) atoms. The lowest BCUT2D eigenvalue weighted by atomic mass is 10.0. The highest BCUT2D eigenvalue weighted by atomic mass is 28.3. The molecule has 3 heteroatoms. The first-order valence-corrected chi connectivity index (χ1v) is 10.1. The molecule has 0 amide bonds. The lowest BCUT2D eigenvalue weighted by Crippen LogP contribution is -2.49. The maximum atomic E-state index is 13.0. The van der Waals surface area contributed by atoms with Crippen LogP contribution in [0.4, 0.5) is 0 Å². The molecule has 0 N–H and O–H groups in total. The molecule has 0 aromatic heterocycles. The van der Waals surface area contributed by atoms with Crippen LogP contribution in [0.25, 0.3) is 0 Å². The topological polar surface area (TPSA) is 26.3 Å². The first-order valence-electron chi connectivity index (χ1n) is 7.92. The summed E-state index contributed by atoms with van der Waals surface area (Å²) in [7, 11) is -0.205. The van der Waals surface area contributed by atoms with Crippen LogP contribution in [0.3, 0.4) is 0 Å². The molecule has 1 aliphatic carbocycles. The Morgan fingerprint density at radius 1 is 1.00 bits per heavy atom. The molecule has 1 aliphatic rings. The van der Waals surface area contributed by atoms with Crippen LogP contribution in [0.5, 0.6) is 0 Å². The third-order valence-corrected chi connectivity index (χ3v) is 12.8. The van der Waals surface area contributed by atoms with Gasteiger partial charge >= 0.3 is 0 Å². The summed E-state index contributed by atoms with van der Waals surface area (Å²) >= 11 is 0. The Morgan fingerprint density at radius 2 is 1.40 bits per heavy atom. The molecule has 0 bridgehead atoms. The summed E-state index contributed by atoms with van der Waals surface area (Å²) in [6, 6.07) is 0. The molecule has 0 aromatic rings. The molecule has 0 aromatic carbocycles. The van der Waals surface area contributed by atoms with Gasteiger partial charge in [-0.05, 0) is 28.7 Å². The number of carbonyl (C=O) groups excluding carboxylic acids is 1. The zero-order valence-corrected chi connectivity index (χ0v) is 15.7. The fraction of sp³-hybridized carbons (Fsp3) is 0.824. The lowest BCUT2D eigenvalue weighted by molar-refractivity contribution is -0.124. The van der Waals surface area contributed by atoms with Gasteiger partial charge in [0.05, 0.1) is 8.07 Å². The van der Waals surface area contributed by atoms with Gasteiger partial charge in [0.1, 0.15) is 6.10 Å². The molecule has 0 saturated carbocycles. The normalized spacial score (nSPS) is 24.7. The molecule has 0 saturated heterocycles. The van der Waals surface area contributed by atoms with E-state index >= 15 is 0 Å². The maximum absolute atomic E-state index is 13.0. The largest absolute Gasteiger partial charge is 0.373 e. The first kappa shape index (κ1) is 17.6. The Bertz CT molecular complexity index is 385. The van der Waals surface area contributed by atoms with Crippen molar-refractivity contribution >= 4 is 13.9 Å². The minimum atomic E-state index is -1.87. The third kappa shape index (κ3) is 2.33. The van der Waals surface area contributed by atoms with E-state index in [0.29, 0.717) is 16.6 Å². The molecule has 0 unspecified atom stereocenters. The van der Waals surface area contributed by atoms with E-state index in [9.17, 15) is 4.79 Å². The number of carbonyl (C=O) groups is 1. The average molecular weight is 297 g/mol. The summed E-state index contributed by atoms with van der Waals surface area (Å²) in [6.45, 7) is 18.2. The van der Waals surface area contributed by atoms with Crippen molar-refractivity contribution in [1.29, 1.82) is 0 Å². The molecule has 0 fully saturated rings. The van der Waals surface area contributed by atoms with Gasteiger partial charge in [-0.1, -0.05) is 54.0 Å². The highest BCUT2D eigenvalue weighted by Crippen LogP contribution is 2.51. The fourth-order valence-corrected chi connectivity index (χ4v) is 12.0. The summed E-state index contributed by atoms with van der Waals surface area (Å²) in [5.74, 6) is 0.505. The van der Waals surface area contributed by atoms with Gasteiger partial charge in [0.25, 0.3) is 0 Å². The summed E-state index contributed by atoms with van der Waals surface area (Å²) < 4.78 is 5.50. The molecular formula is C17H32O2Si. The molecule has 1 rings (SSSR count). The van der Waals surface area contributed by atoms with Crippen LogP contribution in [0, 0.1) is 5.92 Å². The zero-order chi connectivity index (χ0) is 15.8. The Labute approximate surface area is 126 Å². The van der Waals surface area contributed by atoms with Crippen molar-refractivity contribution in [1.82, 2.24) is 0 Å². The number of ketones is 1. The van der Waals surface area contributed by atoms with Crippen molar-refractivity contribution in [2.75, 3.05) is 7.11 Å². The first-order chi connectivity index (χ1) is 9.13. The van der Waals surface area contributed by atoms with E-state index in [-0.39, 0.29) is 17.8 Å². The molecule has 2 atom stereocenters. The molecule has 0 radical (unpaired) electrons. The van der Waals surface area contributed by atoms with E-state index in [2.05, 4.69) is 55.4 Å². The molecule has 0 heterocycles. The lowest BCUT2D eigenvalue weighted by Gasteiger charge is -2.44. The summed E-state index contributed by atoms with van der Waals surface area (Å²) in [5, 5.41) is 1.19. The Kier molecular flexibility index (Phi) is 5.42. The van der Waals surface area contributed by atoms with E-state index in [4.69, 9.17) is 4.74 Å². The summed E-state index contributed by atoms with van der Waals surface area (Å²) in [6.07, 6.45) is -0.256. The quantitative estimate of drug-likeness (QED) is 0.684. The summed E-state index contributed by atoms with van der Waals surface area (Å²) in [5.41, 5.74) is 3.00. The molecule has 0 spiro atoms. The highest BCUT2D eigenvalue weighted by Gasteiger charge is 2.53. The SMILES string of the molecule is CO[C@H]1C(=O)C([Si](C(C)C)(C(C)C)C(C)C)=C(C)[C@H]1C. The van der Waals surface area contributed by atoms with E-state index < -0.39 is 8.07 Å². The number of rotatable bonds is 5. The number of hydrogen-bond acceptors (Lipinski definition) is 2. The number of hydrogen-bond donors (Lipinski definition) is 0. The number of methoxy groups -OCH3 is 1.